The van der Waals surface area contributed by atoms with Crippen LogP contribution in [0.3, 0.4) is 0 Å². The molecule has 1 N–H and O–H groups in total. The fourth-order valence-electron chi connectivity index (χ4n) is 1.31. The molecular weight excluding hydrogens is 252 g/mol. The normalized spacial score (nSPS) is 10.6. The Morgan fingerprint density at radius 2 is 2.17 bits per heavy atom. The van der Waals surface area contributed by atoms with Crippen LogP contribution >= 0.6 is 0 Å². The molecule has 18 heavy (non-hydrogen) atoms. The van der Waals surface area contributed by atoms with Crippen LogP contribution in [0, 0.1) is 21.7 Å². The van der Waals surface area contributed by atoms with E-state index in [1.54, 1.807) is 0 Å². The molecule has 2 rings (SSSR count). The van der Waals surface area contributed by atoms with Gasteiger partial charge in [-0.2, -0.15) is 9.37 Å². The highest BCUT2D eigenvalue weighted by Gasteiger charge is 2.25. The maximum atomic E-state index is 13.7. The van der Waals surface area contributed by atoms with Crippen molar-refractivity contribution in [3.8, 4) is 11.4 Å². The van der Waals surface area contributed by atoms with Crippen LogP contribution in [0.15, 0.2) is 16.7 Å². The Hall–Kier alpha value is -2.42. The van der Waals surface area contributed by atoms with Crippen LogP contribution in [0.5, 0.6) is 0 Å². The fraction of sp³-hybridized carbons (Fsp3) is 0.111. The van der Waals surface area contributed by atoms with Crippen molar-refractivity contribution in [2.24, 2.45) is 0 Å². The molecule has 0 spiro atoms. The summed E-state index contributed by atoms with van der Waals surface area (Å²) in [6.07, 6.45) is 0. The summed E-state index contributed by atoms with van der Waals surface area (Å²) in [5.74, 6) is -3.22. The van der Waals surface area contributed by atoms with Gasteiger partial charge in [-0.1, -0.05) is 5.16 Å². The van der Waals surface area contributed by atoms with Crippen molar-refractivity contribution in [1.29, 1.82) is 0 Å². The number of nitrogens with zero attached hydrogens (tertiary/aromatic N) is 3. The number of hydrogen-bond acceptors (Lipinski definition) is 6. The minimum absolute atomic E-state index is 0.254. The topological polar surface area (TPSA) is 102 Å². The summed E-state index contributed by atoms with van der Waals surface area (Å²) in [7, 11) is 0. The van der Waals surface area contributed by atoms with Crippen molar-refractivity contribution >= 4 is 5.69 Å². The van der Waals surface area contributed by atoms with Crippen molar-refractivity contribution in [2.45, 2.75) is 6.61 Å². The molecule has 1 aromatic heterocycles. The highest BCUT2D eigenvalue weighted by molar-refractivity contribution is 5.61. The third-order valence-electron chi connectivity index (χ3n) is 2.09. The third kappa shape index (κ3) is 1.91. The van der Waals surface area contributed by atoms with E-state index in [0.717, 1.165) is 6.07 Å². The fourth-order valence-corrected chi connectivity index (χ4v) is 1.31. The first kappa shape index (κ1) is 12.0. The predicted octanol–water partition coefficient (Wildman–Crippen LogP) is 1.42. The van der Waals surface area contributed by atoms with E-state index in [4.69, 9.17) is 5.11 Å². The molecule has 0 atom stereocenters. The minimum Gasteiger partial charge on any atom is -0.387 e. The van der Waals surface area contributed by atoms with E-state index in [1.165, 1.54) is 0 Å². The lowest BCUT2D eigenvalue weighted by molar-refractivity contribution is -0.387. The van der Waals surface area contributed by atoms with Gasteiger partial charge in [0, 0.05) is 6.07 Å². The zero-order valence-corrected chi connectivity index (χ0v) is 8.63. The Balaban J connectivity index is 2.62. The summed E-state index contributed by atoms with van der Waals surface area (Å²) >= 11 is 0. The van der Waals surface area contributed by atoms with Gasteiger partial charge in [-0.15, -0.1) is 0 Å². The van der Waals surface area contributed by atoms with E-state index >= 15 is 0 Å². The van der Waals surface area contributed by atoms with E-state index in [-0.39, 0.29) is 5.89 Å². The molecule has 7 nitrogen and oxygen atoms in total. The van der Waals surface area contributed by atoms with E-state index in [0.29, 0.717) is 6.07 Å². The number of nitro benzene ring substituents is 1. The third-order valence-corrected chi connectivity index (χ3v) is 2.09. The maximum absolute atomic E-state index is 13.7. The predicted molar refractivity (Wildman–Crippen MR) is 52.2 cm³/mol. The van der Waals surface area contributed by atoms with Gasteiger partial charge >= 0.3 is 5.69 Å². The summed E-state index contributed by atoms with van der Waals surface area (Å²) in [6.45, 7) is -0.606. The molecule has 0 fully saturated rings. The molecule has 0 aliphatic rings. The number of aliphatic hydroxyl groups is 1. The SMILES string of the molecule is O=[N+]([O-])c1ccc(F)c(-c2noc(CO)n2)c1F. The molecule has 0 aliphatic heterocycles. The Bertz CT molecular complexity index is 614. The first-order valence-corrected chi connectivity index (χ1v) is 4.60. The number of aliphatic hydroxyl groups excluding tert-OH is 1. The number of nitro groups is 1. The molecular formula is C9H5F2N3O4. The molecule has 0 saturated heterocycles. The standard InChI is InChI=1S/C9H5F2N3O4/c10-4-1-2-5(14(16)17)8(11)7(4)9-12-6(3-15)18-13-9/h1-2,15H,3H2. The lowest BCUT2D eigenvalue weighted by Crippen LogP contribution is -1.98. The van der Waals surface area contributed by atoms with Crippen molar-refractivity contribution in [1.82, 2.24) is 10.1 Å². The lowest BCUT2D eigenvalue weighted by atomic mass is 10.1. The summed E-state index contributed by atoms with van der Waals surface area (Å²) in [5, 5.41) is 22.4. The van der Waals surface area contributed by atoms with Gasteiger partial charge in [0.2, 0.25) is 11.6 Å². The molecule has 0 unspecified atom stereocenters. The molecule has 0 saturated carbocycles. The van der Waals surface area contributed by atoms with Gasteiger partial charge in [-0.05, 0) is 6.07 Å². The average Bonchev–Trinajstić information content (AvgIpc) is 2.77. The van der Waals surface area contributed by atoms with Crippen molar-refractivity contribution < 1.29 is 23.3 Å². The number of rotatable bonds is 3. The average molecular weight is 257 g/mol. The number of benzene rings is 1. The number of halogens is 2. The number of hydrogen-bond donors (Lipinski definition) is 1. The number of aromatic nitrogens is 2. The van der Waals surface area contributed by atoms with E-state index < -0.39 is 40.2 Å². The highest BCUT2D eigenvalue weighted by atomic mass is 19.1. The van der Waals surface area contributed by atoms with Crippen LogP contribution in [-0.4, -0.2) is 20.2 Å². The molecule has 0 radical (unpaired) electrons. The Morgan fingerprint density at radius 1 is 1.44 bits per heavy atom. The van der Waals surface area contributed by atoms with Crippen LogP contribution in [0.1, 0.15) is 5.89 Å². The summed E-state index contributed by atoms with van der Waals surface area (Å²) < 4.78 is 31.6. The second kappa shape index (κ2) is 4.45. The summed E-state index contributed by atoms with van der Waals surface area (Å²) in [5.41, 5.74) is -1.67. The maximum Gasteiger partial charge on any atom is 0.305 e. The lowest BCUT2D eigenvalue weighted by Gasteiger charge is -2.00. The second-order valence-electron chi connectivity index (χ2n) is 3.18. The van der Waals surface area contributed by atoms with Gasteiger partial charge in [0.15, 0.2) is 0 Å². The highest BCUT2D eigenvalue weighted by Crippen LogP contribution is 2.29. The molecule has 1 aromatic carbocycles. The van der Waals surface area contributed by atoms with Gasteiger partial charge in [-0.25, -0.2) is 4.39 Å². The van der Waals surface area contributed by atoms with Crippen LogP contribution in [-0.2, 0) is 6.61 Å². The minimum atomic E-state index is -1.40. The van der Waals surface area contributed by atoms with Crippen molar-refractivity contribution in [2.75, 3.05) is 0 Å². The molecule has 9 heteroatoms. The largest absolute Gasteiger partial charge is 0.387 e. The first-order chi connectivity index (χ1) is 8.54. The van der Waals surface area contributed by atoms with Crippen LogP contribution < -0.4 is 0 Å². The Kier molecular flexibility index (Phi) is 2.98. The molecule has 0 amide bonds. The van der Waals surface area contributed by atoms with Crippen LogP contribution in [0.2, 0.25) is 0 Å². The quantitative estimate of drug-likeness (QED) is 0.658. The molecule has 0 bridgehead atoms. The Labute approximate surface area is 97.8 Å². The van der Waals surface area contributed by atoms with Gasteiger partial charge in [0.25, 0.3) is 5.89 Å². The summed E-state index contributed by atoms with van der Waals surface area (Å²) in [4.78, 5) is 13.0. The van der Waals surface area contributed by atoms with Gasteiger partial charge in [0.05, 0.1) is 4.92 Å². The second-order valence-corrected chi connectivity index (χ2v) is 3.18. The Morgan fingerprint density at radius 3 is 2.72 bits per heavy atom. The van der Waals surface area contributed by atoms with E-state index in [9.17, 15) is 18.9 Å². The zero-order valence-electron chi connectivity index (χ0n) is 8.63. The molecule has 94 valence electrons. The monoisotopic (exact) mass is 257 g/mol. The van der Waals surface area contributed by atoms with E-state index in [2.05, 4.69) is 14.7 Å². The van der Waals surface area contributed by atoms with Crippen LogP contribution in [0.4, 0.5) is 14.5 Å². The van der Waals surface area contributed by atoms with Crippen molar-refractivity contribution in [3.63, 3.8) is 0 Å². The van der Waals surface area contributed by atoms with E-state index in [1.807, 2.05) is 0 Å². The first-order valence-electron chi connectivity index (χ1n) is 4.60. The van der Waals surface area contributed by atoms with Gasteiger partial charge in [-0.3, -0.25) is 10.1 Å². The smallest absolute Gasteiger partial charge is 0.305 e. The van der Waals surface area contributed by atoms with Gasteiger partial charge < -0.3 is 9.63 Å². The van der Waals surface area contributed by atoms with Crippen LogP contribution in [0.25, 0.3) is 11.4 Å². The summed E-state index contributed by atoms with van der Waals surface area (Å²) in [6, 6.07) is 1.42. The zero-order chi connectivity index (χ0) is 13.3. The molecule has 0 aliphatic carbocycles. The molecule has 2 aromatic rings. The van der Waals surface area contributed by atoms with Gasteiger partial charge in [0.1, 0.15) is 18.0 Å². The molecule has 1 heterocycles. The van der Waals surface area contributed by atoms with Crippen molar-refractivity contribution in [3.05, 3.63) is 39.8 Å².